The van der Waals surface area contributed by atoms with E-state index in [-0.39, 0.29) is 6.61 Å². The number of benzene rings is 2. The molecule has 3 rings (SSSR count). The van der Waals surface area contributed by atoms with Crippen molar-refractivity contribution in [3.8, 4) is 0 Å². The fourth-order valence-corrected chi connectivity index (χ4v) is 2.34. The molecule has 6 heteroatoms. The molecule has 0 spiro atoms. The minimum Gasteiger partial charge on any atom is -0.453 e. The van der Waals surface area contributed by atoms with Crippen LogP contribution in [0.4, 0.5) is 0 Å². The van der Waals surface area contributed by atoms with Gasteiger partial charge in [0, 0.05) is 28.7 Å². The lowest BCUT2D eigenvalue weighted by molar-refractivity contribution is -0.419. The fraction of sp³-hybridized carbons (Fsp3) is 0.0556. The normalized spacial score (nSPS) is 11.4. The number of aromatic amines is 1. The molecule has 1 N–H and O–H groups in total. The number of nitrogens with zero attached hydrogens (tertiary/aromatic N) is 1. The molecule has 0 radical (unpaired) electrons. The van der Waals surface area contributed by atoms with Gasteiger partial charge in [0.15, 0.2) is 0 Å². The quantitative estimate of drug-likeness (QED) is 0.337. The number of fused-ring (bicyclic) bond motifs is 1. The van der Waals surface area contributed by atoms with Crippen molar-refractivity contribution in [2.75, 3.05) is 0 Å². The van der Waals surface area contributed by atoms with Crippen molar-refractivity contribution in [2.24, 2.45) is 0 Å². The Kier molecular flexibility index (Phi) is 4.38. The number of nitrogens with one attached hydrogen (secondary N) is 1. The number of hydrogen-bond acceptors (Lipinski definition) is 4. The molecule has 0 aliphatic rings. The van der Waals surface area contributed by atoms with Crippen LogP contribution in [0.2, 0.25) is 0 Å². The van der Waals surface area contributed by atoms with Gasteiger partial charge < -0.3 is 9.72 Å². The number of rotatable bonds is 5. The lowest BCUT2D eigenvalue weighted by atomic mass is 10.1. The maximum Gasteiger partial charge on any atom is 0.410 e. The molecule has 0 amide bonds. The van der Waals surface area contributed by atoms with Crippen LogP contribution in [0.1, 0.15) is 11.1 Å². The Hall–Kier alpha value is -3.41. The number of para-hydroxylation sites is 1. The third kappa shape index (κ3) is 3.33. The Bertz CT molecular complexity index is 913. The van der Waals surface area contributed by atoms with Crippen molar-refractivity contribution in [1.29, 1.82) is 0 Å². The van der Waals surface area contributed by atoms with E-state index in [0.29, 0.717) is 5.56 Å². The Morgan fingerprint density at radius 3 is 2.58 bits per heavy atom. The molecule has 3 aromatic rings. The first kappa shape index (κ1) is 15.5. The molecule has 0 atom stereocenters. The van der Waals surface area contributed by atoms with Crippen molar-refractivity contribution < 1.29 is 14.5 Å². The largest absolute Gasteiger partial charge is 0.453 e. The lowest BCUT2D eigenvalue weighted by Crippen LogP contribution is -2.14. The lowest BCUT2D eigenvalue weighted by Gasteiger charge is -2.03. The topological polar surface area (TPSA) is 85.2 Å². The highest BCUT2D eigenvalue weighted by atomic mass is 16.6. The van der Waals surface area contributed by atoms with E-state index in [4.69, 9.17) is 4.74 Å². The summed E-state index contributed by atoms with van der Waals surface area (Å²) in [6, 6.07) is 16.4. The van der Waals surface area contributed by atoms with Crippen molar-refractivity contribution in [3.63, 3.8) is 0 Å². The average molecular weight is 322 g/mol. The van der Waals surface area contributed by atoms with E-state index in [1.807, 2.05) is 30.3 Å². The van der Waals surface area contributed by atoms with E-state index in [0.717, 1.165) is 16.5 Å². The van der Waals surface area contributed by atoms with Gasteiger partial charge in [-0.2, -0.15) is 0 Å². The molecule has 6 nitrogen and oxygen atoms in total. The molecule has 2 aromatic carbocycles. The van der Waals surface area contributed by atoms with Crippen molar-refractivity contribution in [1.82, 2.24) is 4.98 Å². The first-order valence-corrected chi connectivity index (χ1v) is 7.28. The van der Waals surface area contributed by atoms with E-state index >= 15 is 0 Å². The number of H-pyrrole nitrogens is 1. The maximum atomic E-state index is 12.1. The third-order valence-electron chi connectivity index (χ3n) is 3.53. The summed E-state index contributed by atoms with van der Waals surface area (Å²) in [6.07, 6.45) is 2.85. The summed E-state index contributed by atoms with van der Waals surface area (Å²) in [5.74, 6) is -0.964. The number of esters is 1. The highest BCUT2D eigenvalue weighted by Crippen LogP contribution is 2.21. The minimum atomic E-state index is -0.964. The van der Waals surface area contributed by atoms with Gasteiger partial charge in [0.25, 0.3) is 0 Å². The molecule has 0 fully saturated rings. The van der Waals surface area contributed by atoms with Crippen molar-refractivity contribution in [3.05, 3.63) is 87.7 Å². The first-order valence-electron chi connectivity index (χ1n) is 7.28. The summed E-state index contributed by atoms with van der Waals surface area (Å²) in [7, 11) is 0. The minimum absolute atomic E-state index is 0.0151. The molecule has 24 heavy (non-hydrogen) atoms. The molecule has 0 aliphatic heterocycles. The monoisotopic (exact) mass is 322 g/mol. The molecular weight excluding hydrogens is 308 g/mol. The molecule has 0 saturated heterocycles. The number of aromatic nitrogens is 1. The van der Waals surface area contributed by atoms with Crippen molar-refractivity contribution in [2.45, 2.75) is 6.61 Å². The van der Waals surface area contributed by atoms with Gasteiger partial charge in [-0.15, -0.1) is 0 Å². The van der Waals surface area contributed by atoms with E-state index in [1.165, 1.54) is 6.08 Å². The number of carbonyl (C=O) groups excluding carboxylic acids is 1. The van der Waals surface area contributed by atoms with Crippen LogP contribution < -0.4 is 0 Å². The third-order valence-corrected chi connectivity index (χ3v) is 3.53. The van der Waals surface area contributed by atoms with Crippen LogP contribution in [0.5, 0.6) is 0 Å². The highest BCUT2D eigenvalue weighted by Gasteiger charge is 2.24. The first-order chi connectivity index (χ1) is 11.6. The SMILES string of the molecule is O=C(OCc1ccccc1)/C(=C/c1c[nH]c2ccccc12)[N+](=O)[O-]. The van der Waals surface area contributed by atoms with Crippen LogP contribution in [-0.4, -0.2) is 15.9 Å². The molecule has 0 saturated carbocycles. The number of nitro groups is 1. The van der Waals surface area contributed by atoms with Gasteiger partial charge in [-0.05, 0) is 11.6 Å². The summed E-state index contributed by atoms with van der Waals surface area (Å²) < 4.78 is 5.05. The number of carbonyl (C=O) groups is 1. The van der Waals surface area contributed by atoms with E-state index in [1.54, 1.807) is 30.5 Å². The predicted octanol–water partition coefficient (Wildman–Crippen LogP) is 3.53. The van der Waals surface area contributed by atoms with Gasteiger partial charge in [-0.25, -0.2) is 4.79 Å². The predicted molar refractivity (Wildman–Crippen MR) is 89.5 cm³/mol. The van der Waals surface area contributed by atoms with Gasteiger partial charge in [0.1, 0.15) is 6.61 Å². The molecule has 1 heterocycles. The van der Waals surface area contributed by atoms with Crippen LogP contribution in [0.3, 0.4) is 0 Å². The van der Waals surface area contributed by atoms with E-state index in [2.05, 4.69) is 4.98 Å². The molecule has 0 bridgehead atoms. The standard InChI is InChI=1S/C18H14N2O4/c21-18(24-12-13-6-2-1-3-7-13)17(20(22)23)10-14-11-19-16-9-5-4-8-15(14)16/h1-11,19H,12H2/b17-10-. The Morgan fingerprint density at radius 2 is 1.83 bits per heavy atom. The molecule has 0 aliphatic carbocycles. The zero-order chi connectivity index (χ0) is 16.9. The van der Waals surface area contributed by atoms with Crippen LogP contribution in [0.25, 0.3) is 17.0 Å². The second-order valence-corrected chi connectivity index (χ2v) is 5.14. The smallest absolute Gasteiger partial charge is 0.410 e. The second kappa shape index (κ2) is 6.78. The van der Waals surface area contributed by atoms with E-state index < -0.39 is 16.6 Å². The van der Waals surface area contributed by atoms with Crippen LogP contribution in [-0.2, 0) is 16.1 Å². The molecular formula is C18H14N2O4. The van der Waals surface area contributed by atoms with Gasteiger partial charge in [-0.1, -0.05) is 48.5 Å². The van der Waals surface area contributed by atoms with Crippen LogP contribution in [0, 0.1) is 10.1 Å². The van der Waals surface area contributed by atoms with E-state index in [9.17, 15) is 14.9 Å². The Balaban J connectivity index is 1.84. The molecule has 0 unspecified atom stereocenters. The summed E-state index contributed by atoms with van der Waals surface area (Å²) in [5.41, 5.74) is 1.56. The zero-order valence-corrected chi connectivity index (χ0v) is 12.6. The Labute approximate surface area is 137 Å². The van der Waals surface area contributed by atoms with Crippen LogP contribution in [0.15, 0.2) is 66.5 Å². The number of ether oxygens (including phenoxy) is 1. The van der Waals surface area contributed by atoms with Crippen LogP contribution >= 0.6 is 0 Å². The van der Waals surface area contributed by atoms with Gasteiger partial charge in [-0.3, -0.25) is 10.1 Å². The van der Waals surface area contributed by atoms with Crippen molar-refractivity contribution >= 4 is 22.9 Å². The maximum absolute atomic E-state index is 12.1. The second-order valence-electron chi connectivity index (χ2n) is 5.14. The summed E-state index contributed by atoms with van der Waals surface area (Å²) in [5, 5.41) is 12.0. The summed E-state index contributed by atoms with van der Waals surface area (Å²) >= 11 is 0. The number of hydrogen-bond donors (Lipinski definition) is 1. The fourth-order valence-electron chi connectivity index (χ4n) is 2.34. The van der Waals surface area contributed by atoms with Gasteiger partial charge in [0.05, 0.1) is 4.92 Å². The summed E-state index contributed by atoms with van der Waals surface area (Å²) in [6.45, 7) is -0.0151. The van der Waals surface area contributed by atoms with Gasteiger partial charge >= 0.3 is 11.7 Å². The molecule has 120 valence electrons. The molecule has 1 aromatic heterocycles. The zero-order valence-electron chi connectivity index (χ0n) is 12.6. The summed E-state index contributed by atoms with van der Waals surface area (Å²) in [4.78, 5) is 25.6. The average Bonchev–Trinajstić information content (AvgIpc) is 3.01. The highest BCUT2D eigenvalue weighted by molar-refractivity contribution is 5.96. The van der Waals surface area contributed by atoms with Gasteiger partial charge in [0.2, 0.25) is 0 Å². The Morgan fingerprint density at radius 1 is 1.12 bits per heavy atom.